The van der Waals surface area contributed by atoms with Crippen molar-refractivity contribution in [3.05, 3.63) is 54.9 Å². The molecule has 0 saturated carbocycles. The minimum Gasteiger partial charge on any atom is -0.381 e. The molecule has 1 fully saturated rings. The summed E-state index contributed by atoms with van der Waals surface area (Å²) in [6.45, 7) is 5.40. The molecule has 0 bridgehead atoms. The first-order valence-corrected chi connectivity index (χ1v) is 13.5. The fourth-order valence-corrected chi connectivity index (χ4v) is 5.99. The standard InChI is InChI=1S/C26H31N5O4S/c1-3-31(4-2)36(33,34)24-15-22(30-25(32)20-11-13-35-14-12-20)9-10-23(24)19-7-5-18(6-8-19)21-16-28-26(27)29-17-21/h5-10,15-17,20H,3-4,11-14H2,1-2H3,(H,30,32)(H2,27,28,29). The Labute approximate surface area is 211 Å². The zero-order valence-electron chi connectivity index (χ0n) is 20.5. The highest BCUT2D eigenvalue weighted by Crippen LogP contribution is 2.33. The molecule has 3 aromatic rings. The Morgan fingerprint density at radius 2 is 1.61 bits per heavy atom. The SMILES string of the molecule is CCN(CC)S(=O)(=O)c1cc(NC(=O)C2CCOCC2)ccc1-c1ccc(-c2cnc(N)nc2)cc1. The molecular formula is C26H31N5O4S. The molecule has 2 aromatic carbocycles. The maximum absolute atomic E-state index is 13.6. The summed E-state index contributed by atoms with van der Waals surface area (Å²) in [6.07, 6.45) is 4.59. The largest absolute Gasteiger partial charge is 0.381 e. The fourth-order valence-electron chi connectivity index (χ4n) is 4.29. The second-order valence-electron chi connectivity index (χ2n) is 8.58. The van der Waals surface area contributed by atoms with E-state index in [4.69, 9.17) is 10.5 Å². The van der Waals surface area contributed by atoms with E-state index in [0.29, 0.717) is 50.4 Å². The Morgan fingerprint density at radius 1 is 1.00 bits per heavy atom. The van der Waals surface area contributed by atoms with Gasteiger partial charge in [-0.2, -0.15) is 4.31 Å². The Bertz CT molecular complexity index is 1300. The third-order valence-corrected chi connectivity index (χ3v) is 8.46. The van der Waals surface area contributed by atoms with Gasteiger partial charge in [-0.1, -0.05) is 44.2 Å². The van der Waals surface area contributed by atoms with E-state index in [1.165, 1.54) is 4.31 Å². The van der Waals surface area contributed by atoms with Crippen LogP contribution in [0.5, 0.6) is 0 Å². The van der Waals surface area contributed by atoms with Crippen molar-refractivity contribution in [2.24, 2.45) is 5.92 Å². The highest BCUT2D eigenvalue weighted by molar-refractivity contribution is 7.89. The van der Waals surface area contributed by atoms with Gasteiger partial charge in [0.25, 0.3) is 0 Å². The van der Waals surface area contributed by atoms with E-state index >= 15 is 0 Å². The van der Waals surface area contributed by atoms with Gasteiger partial charge in [0, 0.05) is 61.4 Å². The summed E-state index contributed by atoms with van der Waals surface area (Å²) in [7, 11) is -3.80. The van der Waals surface area contributed by atoms with Gasteiger partial charge in [0.15, 0.2) is 0 Å². The number of ether oxygens (including phenoxy) is 1. The van der Waals surface area contributed by atoms with Crippen LogP contribution in [0.15, 0.2) is 59.8 Å². The van der Waals surface area contributed by atoms with Crippen LogP contribution in [0.3, 0.4) is 0 Å². The number of sulfonamides is 1. The molecule has 1 aliphatic rings. The summed E-state index contributed by atoms with van der Waals surface area (Å²) in [5, 5.41) is 2.91. The molecule has 10 heteroatoms. The van der Waals surface area contributed by atoms with Gasteiger partial charge in [0.2, 0.25) is 21.9 Å². The second-order valence-corrected chi connectivity index (χ2v) is 10.5. The minimum atomic E-state index is -3.80. The number of carbonyl (C=O) groups is 1. The molecule has 0 aliphatic carbocycles. The lowest BCUT2D eigenvalue weighted by Crippen LogP contribution is -2.31. The molecule has 0 radical (unpaired) electrons. The van der Waals surface area contributed by atoms with E-state index in [9.17, 15) is 13.2 Å². The van der Waals surface area contributed by atoms with Gasteiger partial charge in [-0.25, -0.2) is 18.4 Å². The van der Waals surface area contributed by atoms with Crippen molar-refractivity contribution in [1.29, 1.82) is 0 Å². The minimum absolute atomic E-state index is 0.118. The van der Waals surface area contributed by atoms with Crippen molar-refractivity contribution < 1.29 is 17.9 Å². The molecule has 0 unspecified atom stereocenters. The van der Waals surface area contributed by atoms with Gasteiger partial charge in [-0.3, -0.25) is 4.79 Å². The normalized spacial score (nSPS) is 14.6. The number of nitrogens with zero attached hydrogens (tertiary/aromatic N) is 3. The summed E-state index contributed by atoms with van der Waals surface area (Å²) in [6, 6.07) is 12.6. The van der Waals surface area contributed by atoms with E-state index in [-0.39, 0.29) is 22.7 Å². The Morgan fingerprint density at radius 3 is 2.22 bits per heavy atom. The summed E-state index contributed by atoms with van der Waals surface area (Å²) in [5.74, 6) is -0.0657. The van der Waals surface area contributed by atoms with E-state index in [1.54, 1.807) is 44.4 Å². The first-order chi connectivity index (χ1) is 17.3. The number of nitrogens with two attached hydrogens (primary N) is 1. The molecule has 2 heterocycles. The number of carbonyl (C=O) groups excluding carboxylic acids is 1. The van der Waals surface area contributed by atoms with Crippen molar-refractivity contribution >= 4 is 27.6 Å². The third-order valence-electron chi connectivity index (χ3n) is 6.37. The van der Waals surface area contributed by atoms with Crippen LogP contribution in [-0.4, -0.2) is 54.9 Å². The smallest absolute Gasteiger partial charge is 0.243 e. The first kappa shape index (κ1) is 25.7. The van der Waals surface area contributed by atoms with Gasteiger partial charge >= 0.3 is 0 Å². The summed E-state index contributed by atoms with van der Waals surface area (Å²) < 4.78 is 34.0. The zero-order chi connectivity index (χ0) is 25.7. The molecule has 3 N–H and O–H groups in total. The van der Waals surface area contributed by atoms with E-state index in [2.05, 4.69) is 15.3 Å². The van der Waals surface area contributed by atoms with Crippen LogP contribution in [0.2, 0.25) is 0 Å². The number of anilines is 2. The molecule has 4 rings (SSSR count). The average molecular weight is 510 g/mol. The molecule has 36 heavy (non-hydrogen) atoms. The van der Waals surface area contributed by atoms with Crippen LogP contribution in [-0.2, 0) is 19.6 Å². The number of rotatable bonds is 8. The first-order valence-electron chi connectivity index (χ1n) is 12.0. The van der Waals surface area contributed by atoms with Crippen LogP contribution >= 0.6 is 0 Å². The van der Waals surface area contributed by atoms with Crippen LogP contribution in [0, 0.1) is 5.92 Å². The van der Waals surface area contributed by atoms with Crippen LogP contribution < -0.4 is 11.1 Å². The van der Waals surface area contributed by atoms with E-state index in [0.717, 1.165) is 16.7 Å². The molecule has 0 spiro atoms. The Hall–Kier alpha value is -3.34. The van der Waals surface area contributed by atoms with Crippen molar-refractivity contribution in [3.8, 4) is 22.3 Å². The van der Waals surface area contributed by atoms with Crippen molar-refractivity contribution in [2.75, 3.05) is 37.4 Å². The maximum atomic E-state index is 13.6. The summed E-state index contributed by atoms with van der Waals surface area (Å²) >= 11 is 0. The second kappa shape index (κ2) is 11.2. The molecule has 0 atom stereocenters. The number of amides is 1. The molecule has 190 valence electrons. The van der Waals surface area contributed by atoms with Crippen LogP contribution in [0.4, 0.5) is 11.6 Å². The van der Waals surface area contributed by atoms with Crippen LogP contribution in [0.25, 0.3) is 22.3 Å². The van der Waals surface area contributed by atoms with Gasteiger partial charge in [-0.15, -0.1) is 0 Å². The van der Waals surface area contributed by atoms with Crippen molar-refractivity contribution in [1.82, 2.24) is 14.3 Å². The van der Waals surface area contributed by atoms with E-state index in [1.807, 2.05) is 24.3 Å². The van der Waals surface area contributed by atoms with Gasteiger partial charge < -0.3 is 15.8 Å². The number of aromatic nitrogens is 2. The molecule has 9 nitrogen and oxygen atoms in total. The van der Waals surface area contributed by atoms with Crippen molar-refractivity contribution in [3.63, 3.8) is 0 Å². The van der Waals surface area contributed by atoms with E-state index < -0.39 is 10.0 Å². The number of hydrogen-bond donors (Lipinski definition) is 2. The number of hydrogen-bond acceptors (Lipinski definition) is 7. The van der Waals surface area contributed by atoms with Crippen molar-refractivity contribution in [2.45, 2.75) is 31.6 Å². The lowest BCUT2D eigenvalue weighted by molar-refractivity contribution is -0.122. The molecule has 1 aliphatic heterocycles. The number of nitrogens with one attached hydrogen (secondary N) is 1. The lowest BCUT2D eigenvalue weighted by atomic mass is 9.99. The number of benzene rings is 2. The topological polar surface area (TPSA) is 128 Å². The quantitative estimate of drug-likeness (QED) is 0.473. The highest BCUT2D eigenvalue weighted by atomic mass is 32.2. The maximum Gasteiger partial charge on any atom is 0.243 e. The Kier molecular flexibility index (Phi) is 7.97. The van der Waals surface area contributed by atoms with Gasteiger partial charge in [0.05, 0.1) is 4.90 Å². The Balaban J connectivity index is 1.70. The summed E-state index contributed by atoms with van der Waals surface area (Å²) in [5.41, 5.74) is 9.02. The average Bonchev–Trinajstić information content (AvgIpc) is 2.90. The third kappa shape index (κ3) is 5.56. The fraction of sp³-hybridized carbons (Fsp3) is 0.346. The molecule has 1 aromatic heterocycles. The summed E-state index contributed by atoms with van der Waals surface area (Å²) in [4.78, 5) is 21.0. The highest BCUT2D eigenvalue weighted by Gasteiger charge is 2.27. The lowest BCUT2D eigenvalue weighted by Gasteiger charge is -2.23. The molecule has 1 saturated heterocycles. The monoisotopic (exact) mass is 509 g/mol. The molecule has 1 amide bonds. The molecular weight excluding hydrogens is 478 g/mol. The predicted octanol–water partition coefficient (Wildman–Crippen LogP) is 3.79. The van der Waals surface area contributed by atoms with Gasteiger partial charge in [-0.05, 0) is 36.1 Å². The number of nitrogen functional groups attached to an aromatic ring is 1. The van der Waals surface area contributed by atoms with Gasteiger partial charge in [0.1, 0.15) is 0 Å². The zero-order valence-corrected chi connectivity index (χ0v) is 21.3. The van der Waals surface area contributed by atoms with Crippen LogP contribution in [0.1, 0.15) is 26.7 Å². The predicted molar refractivity (Wildman–Crippen MR) is 140 cm³/mol.